The molecule has 0 radical (unpaired) electrons. The first kappa shape index (κ1) is 14.3. The topological polar surface area (TPSA) is 58.3 Å². The van der Waals surface area contributed by atoms with Crippen molar-refractivity contribution in [3.05, 3.63) is 33.9 Å². The lowest BCUT2D eigenvalue weighted by molar-refractivity contribution is 0.249. The van der Waals surface area contributed by atoms with Crippen LogP contribution in [-0.2, 0) is 6.54 Å². The first-order valence-electron chi connectivity index (χ1n) is 7.24. The van der Waals surface area contributed by atoms with E-state index in [4.69, 9.17) is 5.73 Å². The van der Waals surface area contributed by atoms with E-state index in [1.165, 1.54) is 9.88 Å². The number of rotatable bonds is 3. The molecule has 112 valence electrons. The standard InChI is InChI=1S/C15H21N5S/c1-11-12(2)21-14(18-11)10-19-6-8-20(9-7-19)15-13(16)4-3-5-17-15/h3-5H,6-10,16H2,1-2H3. The third kappa shape index (κ3) is 3.16. The van der Waals surface area contributed by atoms with Gasteiger partial charge in [-0.05, 0) is 26.0 Å². The van der Waals surface area contributed by atoms with E-state index in [0.29, 0.717) is 0 Å². The van der Waals surface area contributed by atoms with E-state index < -0.39 is 0 Å². The number of thiazole rings is 1. The number of hydrogen-bond donors (Lipinski definition) is 1. The summed E-state index contributed by atoms with van der Waals surface area (Å²) in [4.78, 5) is 15.1. The van der Waals surface area contributed by atoms with Crippen molar-refractivity contribution in [1.29, 1.82) is 0 Å². The van der Waals surface area contributed by atoms with Gasteiger partial charge < -0.3 is 10.6 Å². The van der Waals surface area contributed by atoms with Crippen LogP contribution in [0.1, 0.15) is 15.6 Å². The number of aryl methyl sites for hydroxylation is 2. The normalized spacial score (nSPS) is 16.4. The highest BCUT2D eigenvalue weighted by molar-refractivity contribution is 7.11. The SMILES string of the molecule is Cc1nc(CN2CCN(c3ncccc3N)CC2)sc1C. The molecule has 0 spiro atoms. The van der Waals surface area contributed by atoms with E-state index in [1.807, 2.05) is 23.5 Å². The Labute approximate surface area is 129 Å². The van der Waals surface area contributed by atoms with E-state index >= 15 is 0 Å². The molecule has 0 aliphatic carbocycles. The summed E-state index contributed by atoms with van der Waals surface area (Å²) in [7, 11) is 0. The minimum absolute atomic E-state index is 0.761. The predicted molar refractivity (Wildman–Crippen MR) is 87.7 cm³/mol. The molecule has 0 saturated carbocycles. The van der Waals surface area contributed by atoms with Gasteiger partial charge in [0.15, 0.2) is 5.82 Å². The van der Waals surface area contributed by atoms with Gasteiger partial charge in [0.05, 0.1) is 17.9 Å². The maximum absolute atomic E-state index is 6.00. The monoisotopic (exact) mass is 303 g/mol. The number of nitrogens with zero attached hydrogens (tertiary/aromatic N) is 4. The molecule has 21 heavy (non-hydrogen) atoms. The molecule has 0 unspecified atom stereocenters. The van der Waals surface area contributed by atoms with E-state index in [1.54, 1.807) is 6.20 Å². The number of hydrogen-bond acceptors (Lipinski definition) is 6. The van der Waals surface area contributed by atoms with E-state index in [-0.39, 0.29) is 0 Å². The van der Waals surface area contributed by atoms with E-state index in [2.05, 4.69) is 33.6 Å². The average Bonchev–Trinajstić information content (AvgIpc) is 2.79. The molecule has 0 amide bonds. The highest BCUT2D eigenvalue weighted by Gasteiger charge is 2.20. The maximum Gasteiger partial charge on any atom is 0.151 e. The molecule has 1 saturated heterocycles. The Morgan fingerprint density at radius 1 is 1.24 bits per heavy atom. The summed E-state index contributed by atoms with van der Waals surface area (Å²) in [6.07, 6.45) is 1.80. The van der Waals surface area contributed by atoms with Gasteiger partial charge in [-0.25, -0.2) is 9.97 Å². The molecule has 1 aliphatic rings. The summed E-state index contributed by atoms with van der Waals surface area (Å²) in [6.45, 7) is 9.14. The summed E-state index contributed by atoms with van der Waals surface area (Å²) >= 11 is 1.81. The molecule has 1 aliphatic heterocycles. The van der Waals surface area contributed by atoms with Gasteiger partial charge in [0.1, 0.15) is 5.01 Å². The minimum Gasteiger partial charge on any atom is -0.396 e. The summed E-state index contributed by atoms with van der Waals surface area (Å²) in [5.74, 6) is 0.915. The van der Waals surface area contributed by atoms with Crippen LogP contribution in [0.15, 0.2) is 18.3 Å². The summed E-state index contributed by atoms with van der Waals surface area (Å²) < 4.78 is 0. The van der Waals surface area contributed by atoms with Gasteiger partial charge in [-0.3, -0.25) is 4.90 Å². The lowest BCUT2D eigenvalue weighted by atomic mass is 10.3. The Bertz CT molecular complexity index is 597. The lowest BCUT2D eigenvalue weighted by Gasteiger charge is -2.35. The first-order valence-corrected chi connectivity index (χ1v) is 8.06. The van der Waals surface area contributed by atoms with Crippen molar-refractivity contribution < 1.29 is 0 Å². The zero-order valence-corrected chi connectivity index (χ0v) is 13.4. The van der Waals surface area contributed by atoms with Crippen molar-refractivity contribution in [3.63, 3.8) is 0 Å². The maximum atomic E-state index is 6.00. The molecule has 6 heteroatoms. The molecule has 3 heterocycles. The first-order chi connectivity index (χ1) is 10.1. The zero-order valence-electron chi connectivity index (χ0n) is 12.5. The van der Waals surface area contributed by atoms with Crippen LogP contribution in [0.5, 0.6) is 0 Å². The van der Waals surface area contributed by atoms with Crippen LogP contribution < -0.4 is 10.6 Å². The third-order valence-corrected chi connectivity index (χ3v) is 4.98. The fourth-order valence-corrected chi connectivity index (χ4v) is 3.57. The number of aromatic nitrogens is 2. The van der Waals surface area contributed by atoms with Gasteiger partial charge in [-0.15, -0.1) is 11.3 Å². The molecule has 2 N–H and O–H groups in total. The fourth-order valence-electron chi connectivity index (χ4n) is 2.59. The van der Waals surface area contributed by atoms with Crippen LogP contribution in [0, 0.1) is 13.8 Å². The summed E-state index contributed by atoms with van der Waals surface area (Å²) in [5, 5.41) is 1.22. The number of nitrogens with two attached hydrogens (primary N) is 1. The highest BCUT2D eigenvalue weighted by atomic mass is 32.1. The molecule has 0 bridgehead atoms. The largest absolute Gasteiger partial charge is 0.396 e. The van der Waals surface area contributed by atoms with Gasteiger partial charge in [0, 0.05) is 37.3 Å². The molecule has 5 nitrogen and oxygen atoms in total. The predicted octanol–water partition coefficient (Wildman–Crippen LogP) is 2.06. The van der Waals surface area contributed by atoms with Gasteiger partial charge in [-0.1, -0.05) is 0 Å². The fraction of sp³-hybridized carbons (Fsp3) is 0.467. The third-order valence-electron chi connectivity index (χ3n) is 3.92. The Hall–Kier alpha value is -1.66. The zero-order chi connectivity index (χ0) is 14.8. The summed E-state index contributed by atoms with van der Waals surface area (Å²) in [6, 6.07) is 3.79. The van der Waals surface area contributed by atoms with Crippen LogP contribution >= 0.6 is 11.3 Å². The Balaban J connectivity index is 1.59. The number of pyridine rings is 1. The molecule has 0 atom stereocenters. The van der Waals surface area contributed by atoms with Crippen molar-refractivity contribution in [2.45, 2.75) is 20.4 Å². The van der Waals surface area contributed by atoms with Crippen molar-refractivity contribution >= 4 is 22.8 Å². The summed E-state index contributed by atoms with van der Waals surface area (Å²) in [5.41, 5.74) is 7.93. The van der Waals surface area contributed by atoms with Crippen LogP contribution in [0.3, 0.4) is 0 Å². The second-order valence-electron chi connectivity index (χ2n) is 5.43. The second kappa shape index (κ2) is 5.99. The van der Waals surface area contributed by atoms with Crippen molar-refractivity contribution in [3.8, 4) is 0 Å². The Kier molecular flexibility index (Phi) is 4.07. The molecule has 2 aromatic heterocycles. The lowest BCUT2D eigenvalue weighted by Crippen LogP contribution is -2.46. The van der Waals surface area contributed by atoms with Crippen molar-refractivity contribution in [2.24, 2.45) is 0 Å². The quantitative estimate of drug-likeness (QED) is 0.940. The van der Waals surface area contributed by atoms with Gasteiger partial charge >= 0.3 is 0 Å². The smallest absolute Gasteiger partial charge is 0.151 e. The van der Waals surface area contributed by atoms with E-state index in [9.17, 15) is 0 Å². The van der Waals surface area contributed by atoms with Crippen LogP contribution in [0.25, 0.3) is 0 Å². The Morgan fingerprint density at radius 2 is 2.00 bits per heavy atom. The molecular weight excluding hydrogens is 282 g/mol. The van der Waals surface area contributed by atoms with Gasteiger partial charge in [-0.2, -0.15) is 0 Å². The number of nitrogen functional groups attached to an aromatic ring is 1. The van der Waals surface area contributed by atoms with Crippen LogP contribution in [-0.4, -0.2) is 41.0 Å². The molecule has 1 fully saturated rings. The van der Waals surface area contributed by atoms with Crippen molar-refractivity contribution in [1.82, 2.24) is 14.9 Å². The number of piperazine rings is 1. The van der Waals surface area contributed by atoms with Crippen molar-refractivity contribution in [2.75, 3.05) is 36.8 Å². The van der Waals surface area contributed by atoms with Gasteiger partial charge in [0.25, 0.3) is 0 Å². The average molecular weight is 303 g/mol. The minimum atomic E-state index is 0.761. The Morgan fingerprint density at radius 3 is 2.62 bits per heavy atom. The van der Waals surface area contributed by atoms with Gasteiger partial charge in [0.2, 0.25) is 0 Å². The molecule has 0 aromatic carbocycles. The van der Waals surface area contributed by atoms with E-state index in [0.717, 1.165) is 49.9 Å². The second-order valence-corrected chi connectivity index (χ2v) is 6.72. The molecular formula is C15H21N5S. The highest BCUT2D eigenvalue weighted by Crippen LogP contribution is 2.22. The van der Waals surface area contributed by atoms with Crippen LogP contribution in [0.2, 0.25) is 0 Å². The molecule has 2 aromatic rings. The van der Waals surface area contributed by atoms with Crippen LogP contribution in [0.4, 0.5) is 11.5 Å². The number of anilines is 2. The molecule has 3 rings (SSSR count).